The maximum Gasteiger partial charge on any atom is 0.163 e. The highest BCUT2D eigenvalue weighted by molar-refractivity contribution is 5.58. The lowest BCUT2D eigenvalue weighted by Gasteiger charge is -2.39. The Morgan fingerprint density at radius 2 is 1.48 bits per heavy atom. The van der Waals surface area contributed by atoms with Crippen LogP contribution in [0, 0.1) is 18.3 Å². The lowest BCUT2D eigenvalue weighted by Crippen LogP contribution is -2.44. The fourth-order valence-electron chi connectivity index (χ4n) is 5.01. The van der Waals surface area contributed by atoms with Crippen LogP contribution in [0.4, 0.5) is 5.69 Å². The van der Waals surface area contributed by atoms with Crippen molar-refractivity contribution in [3.8, 4) is 5.75 Å². The molecule has 0 amide bonds. The van der Waals surface area contributed by atoms with Crippen molar-refractivity contribution in [3.05, 3.63) is 18.0 Å². The highest BCUT2D eigenvalue weighted by atomic mass is 16.5. The van der Waals surface area contributed by atoms with Crippen molar-refractivity contribution >= 4 is 5.69 Å². The molecule has 27 heavy (non-hydrogen) atoms. The van der Waals surface area contributed by atoms with Gasteiger partial charge in [-0.2, -0.15) is 0 Å². The van der Waals surface area contributed by atoms with Crippen molar-refractivity contribution < 1.29 is 4.74 Å². The van der Waals surface area contributed by atoms with Gasteiger partial charge in [0.25, 0.3) is 0 Å². The van der Waals surface area contributed by atoms with Gasteiger partial charge in [0.05, 0.1) is 18.5 Å². The number of aryl methyl sites for hydroxylation is 1. The van der Waals surface area contributed by atoms with E-state index >= 15 is 0 Å². The molecule has 2 N–H and O–H groups in total. The van der Waals surface area contributed by atoms with E-state index in [1.54, 1.807) is 7.11 Å². The number of methoxy groups -OCH3 is 1. The van der Waals surface area contributed by atoms with Crippen LogP contribution >= 0.6 is 0 Å². The summed E-state index contributed by atoms with van der Waals surface area (Å²) in [6, 6.07) is 4.00. The molecule has 152 valence electrons. The average molecular weight is 374 g/mol. The predicted octanol–water partition coefficient (Wildman–Crippen LogP) is 5.32. The molecule has 0 unspecified atom stereocenters. The van der Waals surface area contributed by atoms with Crippen LogP contribution in [0.5, 0.6) is 5.75 Å². The summed E-state index contributed by atoms with van der Waals surface area (Å²) in [4.78, 5) is 4.33. The Kier molecular flexibility index (Phi) is 6.67. The smallest absolute Gasteiger partial charge is 0.163 e. The Balaban J connectivity index is 1.43. The molecule has 0 aromatic carbocycles. The highest BCUT2D eigenvalue weighted by Gasteiger charge is 2.31. The van der Waals surface area contributed by atoms with Crippen LogP contribution in [0.15, 0.2) is 12.3 Å². The van der Waals surface area contributed by atoms with E-state index in [1.165, 1.54) is 51.4 Å². The molecule has 2 fully saturated rings. The molecule has 0 atom stereocenters. The van der Waals surface area contributed by atoms with E-state index in [4.69, 9.17) is 4.74 Å². The topological polar surface area (TPSA) is 46.2 Å². The van der Waals surface area contributed by atoms with Gasteiger partial charge in [-0.3, -0.25) is 4.98 Å². The fourth-order valence-corrected chi connectivity index (χ4v) is 5.01. The van der Waals surface area contributed by atoms with Gasteiger partial charge in [0.2, 0.25) is 0 Å². The van der Waals surface area contributed by atoms with Gasteiger partial charge in [0.1, 0.15) is 0 Å². The monoisotopic (exact) mass is 373 g/mol. The number of nitrogens with one attached hydrogen (secondary N) is 2. The summed E-state index contributed by atoms with van der Waals surface area (Å²) in [5, 5.41) is 7.68. The molecule has 4 nitrogen and oxygen atoms in total. The molecule has 2 aliphatic rings. The Labute approximate surface area is 165 Å². The van der Waals surface area contributed by atoms with Crippen LogP contribution < -0.4 is 15.4 Å². The third kappa shape index (κ3) is 5.37. The Morgan fingerprint density at radius 1 is 0.926 bits per heavy atom. The van der Waals surface area contributed by atoms with E-state index in [0.717, 1.165) is 29.1 Å². The zero-order valence-corrected chi connectivity index (χ0v) is 18.0. The van der Waals surface area contributed by atoms with Gasteiger partial charge < -0.3 is 15.4 Å². The zero-order valence-electron chi connectivity index (χ0n) is 18.0. The predicted molar refractivity (Wildman–Crippen MR) is 114 cm³/mol. The van der Waals surface area contributed by atoms with Crippen LogP contribution in [0.3, 0.4) is 0 Å². The van der Waals surface area contributed by atoms with Crippen molar-refractivity contribution in [1.82, 2.24) is 10.3 Å². The molecule has 1 aromatic rings. The number of nitrogens with zero attached hydrogens (tertiary/aromatic N) is 1. The molecule has 0 saturated heterocycles. The van der Waals surface area contributed by atoms with Gasteiger partial charge in [-0.1, -0.05) is 20.8 Å². The summed E-state index contributed by atoms with van der Waals surface area (Å²) >= 11 is 0. The van der Waals surface area contributed by atoms with E-state index in [-0.39, 0.29) is 0 Å². The molecule has 1 aromatic heterocycles. The lowest BCUT2D eigenvalue weighted by molar-refractivity contribution is 0.152. The minimum absolute atomic E-state index is 0.473. The summed E-state index contributed by atoms with van der Waals surface area (Å²) in [7, 11) is 1.73. The summed E-state index contributed by atoms with van der Waals surface area (Å²) in [6.45, 7) is 9.20. The molecule has 0 aliphatic heterocycles. The first kappa shape index (κ1) is 20.4. The first-order valence-electron chi connectivity index (χ1n) is 10.9. The lowest BCUT2D eigenvalue weighted by atomic mass is 9.71. The molecule has 0 spiro atoms. The molecule has 3 rings (SSSR count). The largest absolute Gasteiger partial charge is 0.493 e. The number of pyridine rings is 1. The number of rotatable bonds is 5. The van der Waals surface area contributed by atoms with Crippen LogP contribution in [0.25, 0.3) is 0 Å². The maximum absolute atomic E-state index is 5.53. The average Bonchev–Trinajstić information content (AvgIpc) is 2.63. The van der Waals surface area contributed by atoms with Gasteiger partial charge in [0, 0.05) is 24.3 Å². The molecule has 0 bridgehead atoms. The van der Waals surface area contributed by atoms with Crippen LogP contribution in [-0.4, -0.2) is 30.2 Å². The van der Waals surface area contributed by atoms with Crippen molar-refractivity contribution in [3.63, 3.8) is 0 Å². The minimum atomic E-state index is 0.473. The van der Waals surface area contributed by atoms with E-state index in [2.05, 4.69) is 36.4 Å². The second kappa shape index (κ2) is 8.81. The molecule has 2 saturated carbocycles. The third-order valence-corrected chi connectivity index (χ3v) is 6.80. The van der Waals surface area contributed by atoms with Gasteiger partial charge in [-0.25, -0.2) is 0 Å². The van der Waals surface area contributed by atoms with Gasteiger partial charge in [-0.05, 0) is 75.7 Å². The normalized spacial score (nSPS) is 29.4. The number of ether oxygens (including phenoxy) is 1. The quantitative estimate of drug-likeness (QED) is 0.733. The van der Waals surface area contributed by atoms with Crippen molar-refractivity contribution in [2.45, 2.75) is 97.2 Å². The van der Waals surface area contributed by atoms with E-state index in [9.17, 15) is 0 Å². The van der Waals surface area contributed by atoms with Gasteiger partial charge in [0.15, 0.2) is 5.75 Å². The zero-order chi connectivity index (χ0) is 19.4. The van der Waals surface area contributed by atoms with Gasteiger partial charge >= 0.3 is 0 Å². The van der Waals surface area contributed by atoms with E-state index < -0.39 is 0 Å². The highest BCUT2D eigenvalue weighted by Crippen LogP contribution is 2.38. The fraction of sp³-hybridized carbons (Fsp3) is 0.783. The summed E-state index contributed by atoms with van der Waals surface area (Å²) in [6.07, 6.45) is 12.3. The summed E-state index contributed by atoms with van der Waals surface area (Å²) in [5.74, 6) is 1.78. The van der Waals surface area contributed by atoms with Crippen LogP contribution in [0.1, 0.15) is 77.8 Å². The van der Waals surface area contributed by atoms with Crippen molar-refractivity contribution in [2.24, 2.45) is 11.3 Å². The maximum atomic E-state index is 5.53. The van der Waals surface area contributed by atoms with Crippen LogP contribution in [-0.2, 0) is 0 Å². The summed E-state index contributed by atoms with van der Waals surface area (Å²) < 4.78 is 5.53. The Hall–Kier alpha value is -1.29. The number of hydrogen-bond donors (Lipinski definition) is 2. The SMILES string of the molecule is COc1c(NC2CCC(N[C@H]3CC[C@@H](C(C)(C)C)CC3)CC2)ccnc1C. The molecular weight excluding hydrogens is 334 g/mol. The second-order valence-corrected chi connectivity index (χ2v) is 9.75. The third-order valence-electron chi connectivity index (χ3n) is 6.80. The first-order chi connectivity index (χ1) is 12.9. The molecular formula is C23H39N3O. The first-order valence-corrected chi connectivity index (χ1v) is 10.9. The number of aromatic nitrogens is 1. The standard InChI is InChI=1S/C23H39N3O/c1-16-22(27-5)21(14-15-24-16)26-20-12-10-19(11-13-20)25-18-8-6-17(7-9-18)23(2,3)4/h14-15,17-20,25H,6-13H2,1-5H3,(H,24,26)/t17-,18+,19?,20?. The minimum Gasteiger partial charge on any atom is -0.493 e. The molecule has 4 heteroatoms. The van der Waals surface area contributed by atoms with E-state index in [0.29, 0.717) is 17.5 Å². The molecule has 0 radical (unpaired) electrons. The van der Waals surface area contributed by atoms with E-state index in [1.807, 2.05) is 19.2 Å². The number of anilines is 1. The molecule has 1 heterocycles. The second-order valence-electron chi connectivity index (χ2n) is 9.75. The van der Waals surface area contributed by atoms with Crippen molar-refractivity contribution in [2.75, 3.05) is 12.4 Å². The Bertz CT molecular complexity index is 594. The van der Waals surface area contributed by atoms with Gasteiger partial charge in [-0.15, -0.1) is 0 Å². The Morgan fingerprint density at radius 3 is 2.04 bits per heavy atom. The molecule has 2 aliphatic carbocycles. The van der Waals surface area contributed by atoms with Crippen molar-refractivity contribution in [1.29, 1.82) is 0 Å². The number of hydrogen-bond acceptors (Lipinski definition) is 4. The van der Waals surface area contributed by atoms with Crippen LogP contribution in [0.2, 0.25) is 0 Å². The summed E-state index contributed by atoms with van der Waals surface area (Å²) in [5.41, 5.74) is 2.51.